The quantitative estimate of drug-likeness (QED) is 0.488. The molecule has 0 unspecified atom stereocenters. The average Bonchev–Trinajstić information content (AvgIpc) is 2.65. The van der Waals surface area contributed by atoms with E-state index in [1.165, 1.54) is 0 Å². The van der Waals surface area contributed by atoms with Crippen LogP contribution in [0.2, 0.25) is 0 Å². The second-order valence-corrected chi connectivity index (χ2v) is 8.17. The van der Waals surface area contributed by atoms with Gasteiger partial charge in [-0.05, 0) is 44.7 Å². The van der Waals surface area contributed by atoms with Crippen LogP contribution >= 0.6 is 0 Å². The molecule has 0 saturated carbocycles. The Balaban J connectivity index is 1.72. The molecule has 0 spiro atoms. The second-order valence-electron chi connectivity index (χ2n) is 8.17. The molecule has 0 aliphatic carbocycles. The first-order valence-electron chi connectivity index (χ1n) is 9.51. The lowest BCUT2D eigenvalue weighted by molar-refractivity contribution is -0.0893. The van der Waals surface area contributed by atoms with Gasteiger partial charge in [0.1, 0.15) is 6.61 Å². The van der Waals surface area contributed by atoms with Crippen LogP contribution in [0.1, 0.15) is 33.3 Å². The van der Waals surface area contributed by atoms with E-state index >= 15 is 0 Å². The smallest absolute Gasteiger partial charge is 0.309 e. The van der Waals surface area contributed by atoms with Crippen molar-refractivity contribution in [2.45, 2.75) is 45.5 Å². The van der Waals surface area contributed by atoms with Crippen LogP contribution in [0.15, 0.2) is 60.7 Å². The standard InChI is InChI=1S/C23H28BNO3/c1-22(2,26)23(3,4)28-24-18-10-7-8-16(14-18)15-27-21-19-11-6-5-9-17(19)12-13-20(21)25/h5-14,24,26H,15,25H2,1-4H3. The van der Waals surface area contributed by atoms with Crippen molar-refractivity contribution in [2.24, 2.45) is 0 Å². The molecule has 28 heavy (non-hydrogen) atoms. The molecule has 0 aliphatic rings. The van der Waals surface area contributed by atoms with E-state index < -0.39 is 11.2 Å². The monoisotopic (exact) mass is 377 g/mol. The summed E-state index contributed by atoms with van der Waals surface area (Å²) in [4.78, 5) is 0. The highest BCUT2D eigenvalue weighted by atomic mass is 16.5. The molecular formula is C23H28BNO3. The number of fused-ring (bicyclic) bond motifs is 1. The molecule has 0 heterocycles. The maximum atomic E-state index is 10.2. The first kappa shape index (κ1) is 20.2. The highest BCUT2D eigenvalue weighted by molar-refractivity contribution is 6.47. The van der Waals surface area contributed by atoms with Gasteiger partial charge in [0.15, 0.2) is 5.75 Å². The molecule has 0 aliphatic heterocycles. The van der Waals surface area contributed by atoms with Crippen molar-refractivity contribution in [2.75, 3.05) is 5.73 Å². The van der Waals surface area contributed by atoms with Crippen molar-refractivity contribution < 1.29 is 14.5 Å². The summed E-state index contributed by atoms with van der Waals surface area (Å²) in [6.07, 6.45) is 0. The maximum Gasteiger partial charge on any atom is 0.309 e. The van der Waals surface area contributed by atoms with Crippen molar-refractivity contribution in [1.82, 2.24) is 0 Å². The summed E-state index contributed by atoms with van der Waals surface area (Å²) in [5.41, 5.74) is 7.26. The number of hydrogen-bond donors (Lipinski definition) is 2. The SMILES string of the molecule is CC(C)(O)C(C)(C)OBc1cccc(COc2c(N)ccc3ccccc23)c1. The fourth-order valence-corrected chi connectivity index (χ4v) is 2.83. The van der Waals surface area contributed by atoms with Crippen molar-refractivity contribution in [3.63, 3.8) is 0 Å². The van der Waals surface area contributed by atoms with E-state index in [1.807, 2.05) is 68.4 Å². The Morgan fingerprint density at radius 2 is 1.71 bits per heavy atom. The summed E-state index contributed by atoms with van der Waals surface area (Å²) in [5, 5.41) is 12.4. The molecule has 3 rings (SSSR count). The molecule has 0 aromatic heterocycles. The molecule has 5 heteroatoms. The molecule has 3 aromatic carbocycles. The first-order valence-corrected chi connectivity index (χ1v) is 9.51. The zero-order valence-electron chi connectivity index (χ0n) is 17.0. The lowest BCUT2D eigenvalue weighted by Crippen LogP contribution is -2.49. The summed E-state index contributed by atoms with van der Waals surface area (Å²) in [7, 11) is 0.418. The van der Waals surface area contributed by atoms with Gasteiger partial charge in [-0.2, -0.15) is 0 Å². The molecule has 146 valence electrons. The fraction of sp³-hybridized carbons (Fsp3) is 0.304. The number of ether oxygens (including phenoxy) is 1. The summed E-state index contributed by atoms with van der Waals surface area (Å²) in [5.74, 6) is 0.711. The average molecular weight is 377 g/mol. The van der Waals surface area contributed by atoms with E-state index in [-0.39, 0.29) is 0 Å². The molecule has 3 N–H and O–H groups in total. The van der Waals surface area contributed by atoms with Gasteiger partial charge >= 0.3 is 7.48 Å². The summed E-state index contributed by atoms with van der Waals surface area (Å²) in [6.45, 7) is 7.71. The van der Waals surface area contributed by atoms with Crippen LogP contribution in [0.5, 0.6) is 5.75 Å². The molecule has 0 fully saturated rings. The molecular weight excluding hydrogens is 349 g/mol. The number of nitrogens with two attached hydrogens (primary N) is 1. The van der Waals surface area contributed by atoms with Crippen molar-refractivity contribution in [1.29, 1.82) is 0 Å². The molecule has 0 saturated heterocycles. The molecule has 0 bridgehead atoms. The van der Waals surface area contributed by atoms with Gasteiger partial charge in [0, 0.05) is 5.39 Å². The number of aliphatic hydroxyl groups is 1. The second kappa shape index (κ2) is 7.86. The Morgan fingerprint density at radius 3 is 2.46 bits per heavy atom. The fourth-order valence-electron chi connectivity index (χ4n) is 2.83. The van der Waals surface area contributed by atoms with Crippen molar-refractivity contribution in [3.8, 4) is 5.75 Å². The highest BCUT2D eigenvalue weighted by Crippen LogP contribution is 2.32. The summed E-state index contributed by atoms with van der Waals surface area (Å²) >= 11 is 0. The number of hydrogen-bond acceptors (Lipinski definition) is 4. The minimum atomic E-state index is -0.931. The van der Waals surface area contributed by atoms with Crippen LogP contribution in [0.25, 0.3) is 10.8 Å². The van der Waals surface area contributed by atoms with Crippen LogP contribution in [0.4, 0.5) is 5.69 Å². The molecule has 0 amide bonds. The number of rotatable bonds is 7. The van der Waals surface area contributed by atoms with Gasteiger partial charge in [-0.25, -0.2) is 0 Å². The lowest BCUT2D eigenvalue weighted by atomic mass is 9.82. The molecule has 0 atom stereocenters. The summed E-state index contributed by atoms with van der Waals surface area (Å²) in [6, 6.07) is 20.0. The van der Waals surface area contributed by atoms with Crippen LogP contribution in [0, 0.1) is 0 Å². The Labute approximate surface area is 167 Å². The van der Waals surface area contributed by atoms with E-state index in [9.17, 15) is 5.11 Å². The van der Waals surface area contributed by atoms with Gasteiger partial charge in [-0.15, -0.1) is 0 Å². The highest BCUT2D eigenvalue weighted by Gasteiger charge is 2.35. The van der Waals surface area contributed by atoms with Crippen LogP contribution in [-0.4, -0.2) is 23.8 Å². The van der Waals surface area contributed by atoms with Crippen LogP contribution in [-0.2, 0) is 11.3 Å². The van der Waals surface area contributed by atoms with Crippen LogP contribution < -0.4 is 15.9 Å². The third-order valence-electron chi connectivity index (χ3n) is 5.36. The van der Waals surface area contributed by atoms with Gasteiger partial charge in [-0.1, -0.05) is 60.1 Å². The molecule has 0 radical (unpaired) electrons. The van der Waals surface area contributed by atoms with Crippen LogP contribution in [0.3, 0.4) is 0 Å². The van der Waals surface area contributed by atoms with Gasteiger partial charge < -0.3 is 20.2 Å². The number of anilines is 1. The van der Waals surface area contributed by atoms with Gasteiger partial charge in [0.25, 0.3) is 0 Å². The summed E-state index contributed by atoms with van der Waals surface area (Å²) < 4.78 is 12.0. The van der Waals surface area contributed by atoms with Gasteiger partial charge in [0.05, 0.1) is 16.9 Å². The molecule has 3 aromatic rings. The van der Waals surface area contributed by atoms with E-state index in [2.05, 4.69) is 6.07 Å². The van der Waals surface area contributed by atoms with Gasteiger partial charge in [0.2, 0.25) is 0 Å². The van der Waals surface area contributed by atoms with E-state index in [1.54, 1.807) is 13.8 Å². The Hall–Kier alpha value is -2.50. The largest absolute Gasteiger partial charge is 0.486 e. The normalized spacial score (nSPS) is 12.2. The van der Waals surface area contributed by atoms with Crippen molar-refractivity contribution in [3.05, 3.63) is 66.2 Å². The third-order valence-corrected chi connectivity index (χ3v) is 5.36. The van der Waals surface area contributed by atoms with E-state index in [4.69, 9.17) is 15.1 Å². The Bertz CT molecular complexity index is 963. The van der Waals surface area contributed by atoms with E-state index in [0.29, 0.717) is 25.5 Å². The predicted molar refractivity (Wildman–Crippen MR) is 117 cm³/mol. The predicted octanol–water partition coefficient (Wildman–Crippen LogP) is 3.54. The van der Waals surface area contributed by atoms with Gasteiger partial charge in [-0.3, -0.25) is 0 Å². The first-order chi connectivity index (χ1) is 13.2. The number of nitrogen functional groups attached to an aromatic ring is 1. The zero-order valence-corrected chi connectivity index (χ0v) is 17.0. The minimum Gasteiger partial charge on any atom is -0.486 e. The zero-order chi connectivity index (χ0) is 20.4. The minimum absolute atomic E-state index is 0.418. The Kier molecular flexibility index (Phi) is 5.68. The molecule has 4 nitrogen and oxygen atoms in total. The Morgan fingerprint density at radius 1 is 0.964 bits per heavy atom. The maximum absolute atomic E-state index is 10.2. The topological polar surface area (TPSA) is 64.7 Å². The van der Waals surface area contributed by atoms with Crippen molar-refractivity contribution >= 4 is 29.4 Å². The third kappa shape index (κ3) is 4.49. The lowest BCUT2D eigenvalue weighted by Gasteiger charge is -2.37. The number of benzene rings is 3. The van der Waals surface area contributed by atoms with E-state index in [0.717, 1.165) is 21.8 Å².